The summed E-state index contributed by atoms with van der Waals surface area (Å²) in [6.45, 7) is -0.0246. The lowest BCUT2D eigenvalue weighted by Crippen LogP contribution is -2.13. The lowest BCUT2D eigenvalue weighted by Gasteiger charge is -2.15. The highest BCUT2D eigenvalue weighted by molar-refractivity contribution is 7.28. The van der Waals surface area contributed by atoms with Gasteiger partial charge in [-0.3, -0.25) is 0 Å². The zero-order valence-corrected chi connectivity index (χ0v) is 13.3. The fourth-order valence-electron chi connectivity index (χ4n) is 1.66. The molecule has 0 N–H and O–H groups in total. The zero-order valence-electron chi connectivity index (χ0n) is 11.4. The topological polar surface area (TPSA) is 53.5 Å². The van der Waals surface area contributed by atoms with Crippen LogP contribution >= 0.6 is 20.8 Å². The molecule has 0 aliphatic heterocycles. The first-order valence-corrected chi connectivity index (χ1v) is 6.81. The van der Waals surface area contributed by atoms with Crippen molar-refractivity contribution in [3.63, 3.8) is 0 Å². The van der Waals surface area contributed by atoms with Crippen molar-refractivity contribution in [2.75, 3.05) is 14.2 Å². The number of nitrogens with zero attached hydrogens (tertiary/aromatic N) is 2. The predicted molar refractivity (Wildman–Crippen MR) is 80.2 cm³/mol. The molecule has 2 rings (SSSR count). The molecule has 2 aromatic rings. The van der Waals surface area contributed by atoms with Crippen LogP contribution in [0, 0.1) is 5.82 Å². The van der Waals surface area contributed by atoms with Gasteiger partial charge >= 0.3 is 0 Å². The van der Waals surface area contributed by atoms with Gasteiger partial charge in [-0.2, -0.15) is 0 Å². The average Bonchev–Trinajstić information content (AvgIpc) is 2.49. The molecule has 0 bridgehead atoms. The van der Waals surface area contributed by atoms with Crippen LogP contribution in [-0.4, -0.2) is 24.2 Å². The smallest absolute Gasteiger partial charge is 0.222 e. The van der Waals surface area contributed by atoms with Gasteiger partial charge in [0.05, 0.1) is 26.6 Å². The monoisotopic (exact) mass is 330 g/mol. The van der Waals surface area contributed by atoms with Gasteiger partial charge in [-0.15, -0.1) is 9.24 Å². The van der Waals surface area contributed by atoms with Gasteiger partial charge in [0.1, 0.15) is 12.4 Å². The Bertz CT molecular complexity index is 612. The molecule has 1 atom stereocenters. The highest BCUT2D eigenvalue weighted by Gasteiger charge is 2.17. The van der Waals surface area contributed by atoms with E-state index in [4.69, 9.17) is 25.8 Å². The first-order valence-electron chi connectivity index (χ1n) is 5.86. The summed E-state index contributed by atoms with van der Waals surface area (Å²) in [5.74, 6) is 0.455. The minimum atomic E-state index is -0.502. The molecule has 0 saturated carbocycles. The molecule has 21 heavy (non-hydrogen) atoms. The molecule has 0 fully saturated rings. The molecular weight excluding hydrogens is 318 g/mol. The highest BCUT2D eigenvalue weighted by atomic mass is 35.5. The summed E-state index contributed by atoms with van der Waals surface area (Å²) in [6, 6.07) is 1.48. The molecule has 112 valence electrons. The second-order valence-corrected chi connectivity index (χ2v) is 4.88. The largest absolute Gasteiger partial charge is 0.496 e. The van der Waals surface area contributed by atoms with Gasteiger partial charge in [0, 0.05) is 16.9 Å². The number of halogens is 2. The molecule has 0 radical (unpaired) electrons. The Kier molecular flexibility index (Phi) is 5.15. The third kappa shape index (κ3) is 3.52. The summed E-state index contributed by atoms with van der Waals surface area (Å²) < 4.78 is 29.9. The van der Waals surface area contributed by atoms with E-state index in [-0.39, 0.29) is 17.6 Å². The van der Waals surface area contributed by atoms with Gasteiger partial charge in [0.2, 0.25) is 5.28 Å². The number of rotatable bonds is 5. The van der Waals surface area contributed by atoms with Crippen LogP contribution in [0.1, 0.15) is 5.56 Å². The molecule has 1 heterocycles. The summed E-state index contributed by atoms with van der Waals surface area (Å²) in [5.41, 5.74) is 0.311. The molecule has 8 heteroatoms. The van der Waals surface area contributed by atoms with Crippen molar-refractivity contribution < 1.29 is 18.6 Å². The fraction of sp³-hybridized carbons (Fsp3) is 0.231. The highest BCUT2D eigenvalue weighted by Crippen LogP contribution is 2.28. The number of benzene rings is 1. The van der Waals surface area contributed by atoms with E-state index in [1.165, 1.54) is 32.7 Å². The standard InChI is InChI=1S/C13H13ClFN2O3P/c1-18-9-3-10(19-2)12(21)8(11(9)15)6-20-7-4-16-13(14)17-5-7/h3-5H,6,21H2,1-2H3. The molecule has 1 aromatic heterocycles. The number of hydrogen-bond donors (Lipinski definition) is 0. The van der Waals surface area contributed by atoms with Crippen molar-refractivity contribution in [2.24, 2.45) is 0 Å². The summed E-state index contributed by atoms with van der Waals surface area (Å²) in [7, 11) is 5.32. The van der Waals surface area contributed by atoms with E-state index < -0.39 is 5.82 Å². The van der Waals surface area contributed by atoms with Gasteiger partial charge in [0.25, 0.3) is 0 Å². The maximum atomic E-state index is 14.3. The zero-order chi connectivity index (χ0) is 15.4. The van der Waals surface area contributed by atoms with Crippen molar-refractivity contribution in [1.82, 2.24) is 9.97 Å². The SMILES string of the molecule is COc1cc(OC)c(P)c(COc2cnc(Cl)nc2)c1F. The van der Waals surface area contributed by atoms with E-state index in [0.29, 0.717) is 22.4 Å². The fourth-order valence-corrected chi connectivity index (χ4v) is 2.17. The summed E-state index contributed by atoms with van der Waals surface area (Å²) in [4.78, 5) is 7.57. The average molecular weight is 331 g/mol. The van der Waals surface area contributed by atoms with Gasteiger partial charge in [0.15, 0.2) is 17.3 Å². The summed E-state index contributed by atoms with van der Waals surface area (Å²) in [5, 5.41) is 0.675. The Labute approximate surface area is 128 Å². The van der Waals surface area contributed by atoms with Crippen LogP contribution < -0.4 is 19.5 Å². The van der Waals surface area contributed by atoms with Crippen molar-refractivity contribution in [3.05, 3.63) is 35.1 Å². The molecule has 1 unspecified atom stereocenters. The van der Waals surface area contributed by atoms with E-state index in [2.05, 4.69) is 19.2 Å². The third-order valence-electron chi connectivity index (χ3n) is 2.75. The summed E-state index contributed by atoms with van der Waals surface area (Å²) >= 11 is 5.58. The van der Waals surface area contributed by atoms with Gasteiger partial charge in [-0.1, -0.05) is 0 Å². The second-order valence-electron chi connectivity index (χ2n) is 3.96. The number of methoxy groups -OCH3 is 2. The van der Waals surface area contributed by atoms with Crippen molar-refractivity contribution in [1.29, 1.82) is 0 Å². The van der Waals surface area contributed by atoms with Gasteiger partial charge < -0.3 is 14.2 Å². The number of ether oxygens (including phenoxy) is 3. The van der Waals surface area contributed by atoms with Crippen LogP contribution in [0.5, 0.6) is 17.2 Å². The van der Waals surface area contributed by atoms with Crippen molar-refractivity contribution >= 4 is 26.1 Å². The normalized spacial score (nSPS) is 10.3. The molecular formula is C13H13ClFN2O3P. The molecule has 1 aromatic carbocycles. The van der Waals surface area contributed by atoms with E-state index in [1.807, 2.05) is 0 Å². The maximum absolute atomic E-state index is 14.3. The Morgan fingerprint density at radius 1 is 1.19 bits per heavy atom. The first kappa shape index (κ1) is 15.7. The van der Waals surface area contributed by atoms with Gasteiger partial charge in [-0.05, 0) is 11.6 Å². The molecule has 0 aliphatic rings. The third-order valence-corrected chi connectivity index (χ3v) is 3.58. The quantitative estimate of drug-likeness (QED) is 0.622. The Morgan fingerprint density at radius 2 is 1.81 bits per heavy atom. The molecule has 0 saturated heterocycles. The Morgan fingerprint density at radius 3 is 2.38 bits per heavy atom. The van der Waals surface area contributed by atoms with Crippen LogP contribution in [-0.2, 0) is 6.61 Å². The lowest BCUT2D eigenvalue weighted by atomic mass is 10.2. The van der Waals surface area contributed by atoms with Crippen LogP contribution in [0.25, 0.3) is 0 Å². The molecule has 0 amide bonds. The Hall–Kier alpha value is -1.65. The first-order chi connectivity index (χ1) is 10.1. The van der Waals surface area contributed by atoms with Crippen LogP contribution in [0.4, 0.5) is 4.39 Å². The number of hydrogen-bond acceptors (Lipinski definition) is 5. The lowest BCUT2D eigenvalue weighted by molar-refractivity contribution is 0.293. The predicted octanol–water partition coefficient (Wildman–Crippen LogP) is 2.37. The van der Waals surface area contributed by atoms with E-state index in [1.54, 1.807) is 0 Å². The maximum Gasteiger partial charge on any atom is 0.222 e. The second kappa shape index (κ2) is 6.87. The summed E-state index contributed by atoms with van der Waals surface area (Å²) in [6.07, 6.45) is 2.82. The molecule has 5 nitrogen and oxygen atoms in total. The minimum absolute atomic E-state index is 0.0246. The minimum Gasteiger partial charge on any atom is -0.496 e. The van der Waals surface area contributed by atoms with E-state index in [9.17, 15) is 4.39 Å². The van der Waals surface area contributed by atoms with Crippen molar-refractivity contribution in [3.8, 4) is 17.2 Å². The van der Waals surface area contributed by atoms with Gasteiger partial charge in [-0.25, -0.2) is 14.4 Å². The van der Waals surface area contributed by atoms with Crippen LogP contribution in [0.3, 0.4) is 0 Å². The molecule has 0 spiro atoms. The number of aromatic nitrogens is 2. The van der Waals surface area contributed by atoms with E-state index >= 15 is 0 Å². The van der Waals surface area contributed by atoms with Crippen LogP contribution in [0.15, 0.2) is 18.5 Å². The Balaban J connectivity index is 2.28. The van der Waals surface area contributed by atoms with Crippen molar-refractivity contribution in [2.45, 2.75) is 6.61 Å². The molecule has 0 aliphatic carbocycles. The van der Waals surface area contributed by atoms with Crippen LogP contribution in [0.2, 0.25) is 5.28 Å². The van der Waals surface area contributed by atoms with E-state index in [0.717, 1.165) is 0 Å².